The van der Waals surface area contributed by atoms with Crippen LogP contribution in [0, 0.1) is 11.8 Å². The number of likely N-dealkylation sites (tertiary alicyclic amines) is 1. The third kappa shape index (κ3) is 6.36. The van der Waals surface area contributed by atoms with E-state index in [-0.39, 0.29) is 0 Å². The summed E-state index contributed by atoms with van der Waals surface area (Å²) in [6, 6.07) is 4.36. The molecule has 0 radical (unpaired) electrons. The molecule has 5 heteroatoms. The van der Waals surface area contributed by atoms with Gasteiger partial charge in [0.05, 0.1) is 0 Å². The van der Waals surface area contributed by atoms with Gasteiger partial charge in [-0.25, -0.2) is 0 Å². The molecule has 2 heterocycles. The number of thiophene rings is 1. The minimum atomic E-state index is 0.607. The van der Waals surface area contributed by atoms with E-state index in [0.717, 1.165) is 32.6 Å². The summed E-state index contributed by atoms with van der Waals surface area (Å²) >= 11 is 1.85. The molecule has 2 rings (SSSR count). The molecule has 124 valence electrons. The van der Waals surface area contributed by atoms with Crippen molar-refractivity contribution in [1.29, 1.82) is 0 Å². The number of nitrogens with one attached hydrogen (secondary N) is 1. The first-order valence-corrected chi connectivity index (χ1v) is 9.30. The minimum absolute atomic E-state index is 0.607. The van der Waals surface area contributed by atoms with Gasteiger partial charge in [0.25, 0.3) is 0 Å². The smallest absolute Gasteiger partial charge is 0.188 e. The highest BCUT2D eigenvalue weighted by atomic mass is 32.1. The predicted octanol–water partition coefficient (Wildman–Crippen LogP) is 2.91. The highest BCUT2D eigenvalue weighted by molar-refractivity contribution is 7.09. The van der Waals surface area contributed by atoms with Crippen molar-refractivity contribution in [3.63, 3.8) is 0 Å². The normalized spacial score (nSPS) is 20.5. The quantitative estimate of drug-likeness (QED) is 0.599. The first kappa shape index (κ1) is 17.3. The van der Waals surface area contributed by atoms with Crippen LogP contribution in [0.3, 0.4) is 0 Å². The average molecular weight is 323 g/mol. The van der Waals surface area contributed by atoms with Gasteiger partial charge in [0, 0.05) is 31.1 Å². The fraction of sp³-hybridized carbons (Fsp3) is 0.706. The Morgan fingerprint density at radius 3 is 3.14 bits per heavy atom. The number of nitrogens with two attached hydrogens (primary N) is 1. The summed E-state index contributed by atoms with van der Waals surface area (Å²) in [6.07, 6.45) is 3.67. The summed E-state index contributed by atoms with van der Waals surface area (Å²) in [7, 11) is 0. The van der Waals surface area contributed by atoms with Gasteiger partial charge in [-0.05, 0) is 49.1 Å². The lowest BCUT2D eigenvalue weighted by Gasteiger charge is -2.31. The molecule has 0 bridgehead atoms. The molecule has 1 saturated heterocycles. The predicted molar refractivity (Wildman–Crippen MR) is 96.3 cm³/mol. The van der Waals surface area contributed by atoms with Gasteiger partial charge in [0.1, 0.15) is 0 Å². The number of piperidine rings is 1. The molecule has 22 heavy (non-hydrogen) atoms. The maximum Gasteiger partial charge on any atom is 0.188 e. The number of guanidine groups is 1. The second kappa shape index (κ2) is 9.16. The number of rotatable bonds is 7. The summed E-state index contributed by atoms with van der Waals surface area (Å²) in [4.78, 5) is 8.55. The third-order valence-electron chi connectivity index (χ3n) is 4.11. The van der Waals surface area contributed by atoms with E-state index in [9.17, 15) is 0 Å². The molecule has 0 amide bonds. The van der Waals surface area contributed by atoms with Gasteiger partial charge >= 0.3 is 0 Å². The lowest BCUT2D eigenvalue weighted by molar-refractivity contribution is 0.172. The SMILES string of the molecule is CC(C)CCNC(N)=NCC1CCCN(Cc2cccs2)C1. The van der Waals surface area contributed by atoms with Gasteiger partial charge in [-0.2, -0.15) is 0 Å². The first-order valence-electron chi connectivity index (χ1n) is 8.42. The summed E-state index contributed by atoms with van der Waals surface area (Å²) in [5.74, 6) is 1.94. The van der Waals surface area contributed by atoms with Gasteiger partial charge in [-0.3, -0.25) is 9.89 Å². The molecule has 1 aromatic heterocycles. The van der Waals surface area contributed by atoms with E-state index < -0.39 is 0 Å². The lowest BCUT2D eigenvalue weighted by Crippen LogP contribution is -2.37. The van der Waals surface area contributed by atoms with Crippen LogP contribution in [0.5, 0.6) is 0 Å². The molecule has 1 fully saturated rings. The zero-order valence-electron chi connectivity index (χ0n) is 13.9. The van der Waals surface area contributed by atoms with Crippen LogP contribution >= 0.6 is 11.3 Å². The molecule has 1 aliphatic rings. The molecule has 3 N–H and O–H groups in total. The van der Waals surface area contributed by atoms with Crippen molar-refractivity contribution in [2.24, 2.45) is 22.6 Å². The van der Waals surface area contributed by atoms with Gasteiger partial charge in [-0.1, -0.05) is 19.9 Å². The summed E-state index contributed by atoms with van der Waals surface area (Å²) in [5, 5.41) is 5.37. The molecule has 4 nitrogen and oxygen atoms in total. The van der Waals surface area contributed by atoms with E-state index in [4.69, 9.17) is 5.73 Å². The van der Waals surface area contributed by atoms with Crippen molar-refractivity contribution in [3.05, 3.63) is 22.4 Å². The Morgan fingerprint density at radius 1 is 1.55 bits per heavy atom. The first-order chi connectivity index (χ1) is 10.6. The number of aliphatic imine (C=N–C) groups is 1. The van der Waals surface area contributed by atoms with Crippen LogP contribution in [0.15, 0.2) is 22.5 Å². The van der Waals surface area contributed by atoms with Gasteiger partial charge < -0.3 is 11.1 Å². The molecule has 0 aromatic carbocycles. The average Bonchev–Trinajstić information content (AvgIpc) is 2.98. The van der Waals surface area contributed by atoms with Crippen molar-refractivity contribution < 1.29 is 0 Å². The van der Waals surface area contributed by atoms with E-state index in [0.29, 0.717) is 17.8 Å². The van der Waals surface area contributed by atoms with Crippen molar-refractivity contribution in [1.82, 2.24) is 10.2 Å². The summed E-state index contributed by atoms with van der Waals surface area (Å²) in [5.41, 5.74) is 5.95. The highest BCUT2D eigenvalue weighted by Gasteiger charge is 2.19. The van der Waals surface area contributed by atoms with Crippen molar-refractivity contribution in [3.8, 4) is 0 Å². The number of nitrogens with zero attached hydrogens (tertiary/aromatic N) is 2. The third-order valence-corrected chi connectivity index (χ3v) is 4.97. The fourth-order valence-electron chi connectivity index (χ4n) is 2.84. The Bertz CT molecular complexity index is 442. The van der Waals surface area contributed by atoms with Crippen LogP contribution in [-0.2, 0) is 6.54 Å². The van der Waals surface area contributed by atoms with E-state index in [1.807, 2.05) is 11.3 Å². The molecule has 1 unspecified atom stereocenters. The minimum Gasteiger partial charge on any atom is -0.370 e. The zero-order valence-corrected chi connectivity index (χ0v) is 14.7. The van der Waals surface area contributed by atoms with Crippen LogP contribution < -0.4 is 11.1 Å². The van der Waals surface area contributed by atoms with Crippen LogP contribution in [0.25, 0.3) is 0 Å². The largest absolute Gasteiger partial charge is 0.370 e. The van der Waals surface area contributed by atoms with Gasteiger partial charge in [-0.15, -0.1) is 11.3 Å². The summed E-state index contributed by atoms with van der Waals surface area (Å²) in [6.45, 7) is 9.64. The van der Waals surface area contributed by atoms with E-state index in [1.165, 1.54) is 24.3 Å². The van der Waals surface area contributed by atoms with E-state index in [1.54, 1.807) is 0 Å². The molecule has 1 aliphatic heterocycles. The van der Waals surface area contributed by atoms with Crippen LogP contribution in [-0.4, -0.2) is 37.0 Å². The topological polar surface area (TPSA) is 53.6 Å². The van der Waals surface area contributed by atoms with E-state index in [2.05, 4.69) is 46.6 Å². The van der Waals surface area contributed by atoms with E-state index >= 15 is 0 Å². The van der Waals surface area contributed by atoms with Crippen LogP contribution in [0.4, 0.5) is 0 Å². The number of hydrogen-bond acceptors (Lipinski definition) is 3. The Labute approximate surface area is 138 Å². The maximum absolute atomic E-state index is 5.95. The zero-order chi connectivity index (χ0) is 15.8. The fourth-order valence-corrected chi connectivity index (χ4v) is 3.59. The second-order valence-electron chi connectivity index (χ2n) is 6.66. The van der Waals surface area contributed by atoms with Crippen molar-refractivity contribution >= 4 is 17.3 Å². The lowest BCUT2D eigenvalue weighted by atomic mass is 9.98. The monoisotopic (exact) mass is 322 g/mol. The van der Waals surface area contributed by atoms with Gasteiger partial charge in [0.15, 0.2) is 5.96 Å². The summed E-state index contributed by atoms with van der Waals surface area (Å²) < 4.78 is 0. The second-order valence-corrected chi connectivity index (χ2v) is 7.69. The van der Waals surface area contributed by atoms with Crippen molar-refractivity contribution in [2.75, 3.05) is 26.2 Å². The standard InChI is InChI=1S/C17H30N4S/c1-14(2)7-8-19-17(18)20-11-15-5-3-9-21(12-15)13-16-6-4-10-22-16/h4,6,10,14-15H,3,5,7-9,11-13H2,1-2H3,(H3,18,19,20). The Morgan fingerprint density at radius 2 is 2.41 bits per heavy atom. The van der Waals surface area contributed by atoms with Crippen molar-refractivity contribution in [2.45, 2.75) is 39.7 Å². The molecule has 1 atom stereocenters. The highest BCUT2D eigenvalue weighted by Crippen LogP contribution is 2.20. The van der Waals surface area contributed by atoms with Crippen LogP contribution in [0.2, 0.25) is 0 Å². The molecule has 0 aliphatic carbocycles. The molecule has 0 saturated carbocycles. The van der Waals surface area contributed by atoms with Crippen LogP contribution in [0.1, 0.15) is 38.0 Å². The maximum atomic E-state index is 5.95. The molecule has 0 spiro atoms. The molecular formula is C17H30N4S. The Hall–Kier alpha value is -1.07. The number of hydrogen-bond donors (Lipinski definition) is 2. The van der Waals surface area contributed by atoms with Gasteiger partial charge in [0.2, 0.25) is 0 Å². The Balaban J connectivity index is 1.70. The molecule has 1 aromatic rings. The molecular weight excluding hydrogens is 292 g/mol. The Kier molecular flexibility index (Phi) is 7.19.